The van der Waals surface area contributed by atoms with Gasteiger partial charge in [0.1, 0.15) is 0 Å². The minimum atomic E-state index is -0.00179. The van der Waals surface area contributed by atoms with Gasteiger partial charge in [-0.15, -0.1) is 0 Å². The number of rotatable bonds is 4. The van der Waals surface area contributed by atoms with E-state index >= 15 is 0 Å². The van der Waals surface area contributed by atoms with Crippen LogP contribution in [0.15, 0.2) is 0 Å². The van der Waals surface area contributed by atoms with Crippen LogP contribution in [0.5, 0.6) is 0 Å². The summed E-state index contributed by atoms with van der Waals surface area (Å²) in [5.74, 6) is 0. The first-order chi connectivity index (χ1) is 6.88. The van der Waals surface area contributed by atoms with Crippen molar-refractivity contribution in [2.45, 2.75) is 45.2 Å². The van der Waals surface area contributed by atoms with Gasteiger partial charge in [-0.1, -0.05) is 0 Å². The number of nitrogens with two attached hydrogens (primary N) is 1. The maximum absolute atomic E-state index is 5.97. The second kappa shape index (κ2) is 5.28. The Hall–Kier alpha value is -0.120. The van der Waals surface area contributed by atoms with Crippen LogP contribution in [0.1, 0.15) is 33.6 Å². The van der Waals surface area contributed by atoms with E-state index in [0.29, 0.717) is 6.04 Å². The fraction of sp³-hybridized carbons (Fsp3) is 1.00. The molecule has 1 rings (SSSR count). The van der Waals surface area contributed by atoms with Crippen LogP contribution >= 0.6 is 0 Å². The largest absolute Gasteiger partial charge is 0.326 e. The topological polar surface area (TPSA) is 32.5 Å². The summed E-state index contributed by atoms with van der Waals surface area (Å²) in [5.41, 5.74) is 5.97. The summed E-state index contributed by atoms with van der Waals surface area (Å²) in [4.78, 5) is 5.00. The molecule has 15 heavy (non-hydrogen) atoms. The zero-order valence-corrected chi connectivity index (χ0v) is 10.8. The molecule has 90 valence electrons. The number of piperazine rings is 1. The van der Waals surface area contributed by atoms with E-state index in [-0.39, 0.29) is 5.54 Å². The van der Waals surface area contributed by atoms with Crippen molar-refractivity contribution >= 4 is 0 Å². The standard InChI is InChI=1S/C12H27N3/c1-11-10-15(9-8-14(11)4)7-5-6-12(2,3)13/h11H,5-10,13H2,1-4H3. The minimum Gasteiger partial charge on any atom is -0.326 e. The van der Waals surface area contributed by atoms with Crippen LogP contribution in [0.25, 0.3) is 0 Å². The lowest BCUT2D eigenvalue weighted by atomic mass is 10.00. The van der Waals surface area contributed by atoms with Crippen LogP contribution in [0, 0.1) is 0 Å². The van der Waals surface area contributed by atoms with E-state index in [1.807, 2.05) is 0 Å². The molecular formula is C12H27N3. The van der Waals surface area contributed by atoms with Gasteiger partial charge in [-0.3, -0.25) is 0 Å². The Balaban J connectivity index is 2.17. The molecule has 0 radical (unpaired) electrons. The molecule has 3 heteroatoms. The summed E-state index contributed by atoms with van der Waals surface area (Å²) in [5, 5.41) is 0. The van der Waals surface area contributed by atoms with Crippen molar-refractivity contribution in [2.75, 3.05) is 33.2 Å². The van der Waals surface area contributed by atoms with E-state index in [9.17, 15) is 0 Å². The fourth-order valence-electron chi connectivity index (χ4n) is 2.09. The molecule has 1 saturated heterocycles. The maximum Gasteiger partial charge on any atom is 0.0192 e. The molecule has 1 heterocycles. The molecular weight excluding hydrogens is 186 g/mol. The molecule has 0 amide bonds. The van der Waals surface area contributed by atoms with Gasteiger partial charge < -0.3 is 15.5 Å². The molecule has 1 unspecified atom stereocenters. The highest BCUT2D eigenvalue weighted by atomic mass is 15.3. The molecule has 0 bridgehead atoms. The van der Waals surface area contributed by atoms with Crippen molar-refractivity contribution in [3.63, 3.8) is 0 Å². The summed E-state index contributed by atoms with van der Waals surface area (Å²) in [6, 6.07) is 0.699. The predicted molar refractivity (Wildman–Crippen MR) is 66.0 cm³/mol. The van der Waals surface area contributed by atoms with E-state index in [4.69, 9.17) is 5.73 Å². The number of hydrogen-bond donors (Lipinski definition) is 1. The third-order valence-electron chi connectivity index (χ3n) is 3.34. The molecule has 0 aromatic carbocycles. The summed E-state index contributed by atoms with van der Waals surface area (Å²) in [6.45, 7) is 11.4. The van der Waals surface area contributed by atoms with Crippen molar-refractivity contribution in [3.8, 4) is 0 Å². The summed E-state index contributed by atoms with van der Waals surface area (Å²) >= 11 is 0. The number of nitrogens with zero attached hydrogens (tertiary/aromatic N) is 2. The quantitative estimate of drug-likeness (QED) is 0.760. The Kier molecular flexibility index (Phi) is 4.56. The zero-order valence-electron chi connectivity index (χ0n) is 10.8. The highest BCUT2D eigenvalue weighted by molar-refractivity contribution is 4.78. The van der Waals surface area contributed by atoms with Crippen molar-refractivity contribution in [1.29, 1.82) is 0 Å². The Morgan fingerprint density at radius 3 is 2.53 bits per heavy atom. The molecule has 1 atom stereocenters. The van der Waals surface area contributed by atoms with E-state index in [2.05, 4.69) is 37.6 Å². The lowest BCUT2D eigenvalue weighted by Crippen LogP contribution is -2.50. The molecule has 0 spiro atoms. The van der Waals surface area contributed by atoms with Gasteiger partial charge in [0.15, 0.2) is 0 Å². The van der Waals surface area contributed by atoms with E-state index in [1.165, 1.54) is 32.6 Å². The average Bonchev–Trinajstić information content (AvgIpc) is 2.09. The fourth-order valence-corrected chi connectivity index (χ4v) is 2.09. The molecule has 0 aromatic rings. The zero-order chi connectivity index (χ0) is 11.5. The van der Waals surface area contributed by atoms with Crippen LogP contribution in [-0.4, -0.2) is 54.6 Å². The summed E-state index contributed by atoms with van der Waals surface area (Å²) in [6.07, 6.45) is 2.34. The van der Waals surface area contributed by atoms with Crippen molar-refractivity contribution in [3.05, 3.63) is 0 Å². The molecule has 1 fully saturated rings. The lowest BCUT2D eigenvalue weighted by Gasteiger charge is -2.38. The molecule has 2 N–H and O–H groups in total. The van der Waals surface area contributed by atoms with Gasteiger partial charge >= 0.3 is 0 Å². The first-order valence-corrected chi connectivity index (χ1v) is 6.10. The van der Waals surface area contributed by atoms with Crippen LogP contribution < -0.4 is 5.73 Å². The normalized spacial score (nSPS) is 25.8. The smallest absolute Gasteiger partial charge is 0.0192 e. The lowest BCUT2D eigenvalue weighted by molar-refractivity contribution is 0.103. The minimum absolute atomic E-state index is 0.00179. The van der Waals surface area contributed by atoms with Gasteiger partial charge in [-0.2, -0.15) is 0 Å². The highest BCUT2D eigenvalue weighted by Gasteiger charge is 2.20. The average molecular weight is 213 g/mol. The highest BCUT2D eigenvalue weighted by Crippen LogP contribution is 2.11. The van der Waals surface area contributed by atoms with Crippen molar-refractivity contribution in [2.24, 2.45) is 5.73 Å². The molecule has 0 aliphatic carbocycles. The first-order valence-electron chi connectivity index (χ1n) is 6.10. The second-order valence-corrected chi connectivity index (χ2v) is 5.72. The summed E-state index contributed by atoms with van der Waals surface area (Å²) in [7, 11) is 2.21. The van der Waals surface area contributed by atoms with Gasteiger partial charge in [-0.25, -0.2) is 0 Å². The van der Waals surface area contributed by atoms with Crippen LogP contribution in [0.2, 0.25) is 0 Å². The monoisotopic (exact) mass is 213 g/mol. The third-order valence-corrected chi connectivity index (χ3v) is 3.34. The van der Waals surface area contributed by atoms with Gasteiger partial charge in [0.2, 0.25) is 0 Å². The molecule has 1 aliphatic rings. The van der Waals surface area contributed by atoms with Crippen molar-refractivity contribution < 1.29 is 0 Å². The molecule has 0 aromatic heterocycles. The van der Waals surface area contributed by atoms with Gasteiger partial charge in [0, 0.05) is 31.2 Å². The molecule has 0 saturated carbocycles. The summed E-state index contributed by atoms with van der Waals surface area (Å²) < 4.78 is 0. The van der Waals surface area contributed by atoms with Crippen LogP contribution in [0.3, 0.4) is 0 Å². The second-order valence-electron chi connectivity index (χ2n) is 5.72. The third kappa shape index (κ3) is 4.96. The van der Waals surface area contributed by atoms with E-state index in [1.54, 1.807) is 0 Å². The van der Waals surface area contributed by atoms with Gasteiger partial charge in [0.05, 0.1) is 0 Å². The van der Waals surface area contributed by atoms with Gasteiger partial charge in [0.25, 0.3) is 0 Å². The number of likely N-dealkylation sites (N-methyl/N-ethyl adjacent to an activating group) is 1. The Morgan fingerprint density at radius 1 is 1.33 bits per heavy atom. The van der Waals surface area contributed by atoms with Crippen LogP contribution in [0.4, 0.5) is 0 Å². The van der Waals surface area contributed by atoms with E-state index < -0.39 is 0 Å². The van der Waals surface area contributed by atoms with Crippen molar-refractivity contribution in [1.82, 2.24) is 9.80 Å². The Bertz CT molecular complexity index is 186. The van der Waals surface area contributed by atoms with Crippen LogP contribution in [-0.2, 0) is 0 Å². The molecule has 1 aliphatic heterocycles. The maximum atomic E-state index is 5.97. The Labute approximate surface area is 94.6 Å². The predicted octanol–water partition coefficient (Wildman–Crippen LogP) is 1.14. The SMILES string of the molecule is CC1CN(CCCC(C)(C)N)CCN1C. The Morgan fingerprint density at radius 2 is 2.00 bits per heavy atom. The first kappa shape index (κ1) is 12.9. The number of hydrogen-bond acceptors (Lipinski definition) is 3. The van der Waals surface area contributed by atoms with Gasteiger partial charge in [-0.05, 0) is 47.2 Å². The van der Waals surface area contributed by atoms with E-state index in [0.717, 1.165) is 6.42 Å². The molecule has 3 nitrogen and oxygen atoms in total.